The lowest BCUT2D eigenvalue weighted by atomic mass is 10.1. The summed E-state index contributed by atoms with van der Waals surface area (Å²) in [6.45, 7) is 7.94. The quantitative estimate of drug-likeness (QED) is 0.456. The maximum atomic E-state index is 13.6. The van der Waals surface area contributed by atoms with Crippen LogP contribution in [0.15, 0.2) is 48.5 Å². The molecule has 2 amide bonds. The SMILES string of the molecule is CCC(C(=O)NCC(C)C)N(CCc1ccccc1)C(=O)CN(c1cc(Cl)ccc1C)S(C)(=O)=O. The summed E-state index contributed by atoms with van der Waals surface area (Å²) in [6, 6.07) is 13.9. The van der Waals surface area contributed by atoms with Crippen molar-refractivity contribution >= 4 is 39.1 Å². The highest BCUT2D eigenvalue weighted by atomic mass is 35.5. The standard InChI is InChI=1S/C26H36ClN3O4S/c1-6-23(26(32)28-17-19(2)3)29(15-14-21-10-8-7-9-11-21)25(31)18-30(35(5,33)34)24-16-22(27)13-12-20(24)4/h7-13,16,19,23H,6,14-15,17-18H2,1-5H3,(H,28,32). The minimum Gasteiger partial charge on any atom is -0.354 e. The van der Waals surface area contributed by atoms with Crippen molar-refractivity contribution in [2.24, 2.45) is 5.92 Å². The molecule has 0 spiro atoms. The maximum absolute atomic E-state index is 13.6. The summed E-state index contributed by atoms with van der Waals surface area (Å²) in [5.41, 5.74) is 2.03. The van der Waals surface area contributed by atoms with Crippen molar-refractivity contribution in [2.45, 2.75) is 46.6 Å². The average molecular weight is 522 g/mol. The molecule has 7 nitrogen and oxygen atoms in total. The first-order chi connectivity index (χ1) is 16.4. The molecule has 9 heteroatoms. The van der Waals surface area contributed by atoms with Crippen LogP contribution in [0.1, 0.15) is 38.3 Å². The van der Waals surface area contributed by atoms with Crippen LogP contribution < -0.4 is 9.62 Å². The number of halogens is 1. The van der Waals surface area contributed by atoms with Gasteiger partial charge in [-0.05, 0) is 48.9 Å². The number of benzene rings is 2. The first-order valence-corrected chi connectivity index (χ1v) is 14.0. The van der Waals surface area contributed by atoms with E-state index in [0.717, 1.165) is 16.1 Å². The Morgan fingerprint density at radius 2 is 1.74 bits per heavy atom. The molecule has 1 N–H and O–H groups in total. The maximum Gasteiger partial charge on any atom is 0.244 e. The van der Waals surface area contributed by atoms with Crippen molar-refractivity contribution in [3.8, 4) is 0 Å². The highest BCUT2D eigenvalue weighted by Crippen LogP contribution is 2.26. The van der Waals surface area contributed by atoms with Crippen LogP contribution in [0.3, 0.4) is 0 Å². The van der Waals surface area contributed by atoms with E-state index < -0.39 is 28.5 Å². The summed E-state index contributed by atoms with van der Waals surface area (Å²) in [5.74, 6) is -0.429. The van der Waals surface area contributed by atoms with Crippen molar-refractivity contribution < 1.29 is 18.0 Å². The molecule has 1 atom stereocenters. The molecule has 0 saturated carbocycles. The topological polar surface area (TPSA) is 86.8 Å². The molecule has 2 aromatic carbocycles. The summed E-state index contributed by atoms with van der Waals surface area (Å²) in [4.78, 5) is 28.2. The number of nitrogens with zero attached hydrogens (tertiary/aromatic N) is 2. The van der Waals surface area contributed by atoms with Crippen LogP contribution in [0.2, 0.25) is 5.02 Å². The normalized spacial score (nSPS) is 12.3. The molecule has 2 rings (SSSR count). The minimum atomic E-state index is -3.80. The summed E-state index contributed by atoms with van der Waals surface area (Å²) >= 11 is 6.13. The second-order valence-corrected chi connectivity index (χ2v) is 11.4. The molecule has 0 aliphatic carbocycles. The Hall–Kier alpha value is -2.58. The van der Waals surface area contributed by atoms with E-state index in [2.05, 4.69) is 5.32 Å². The Bertz CT molecular complexity index is 1110. The number of amides is 2. The first kappa shape index (κ1) is 28.7. The van der Waals surface area contributed by atoms with Crippen LogP contribution in [-0.2, 0) is 26.0 Å². The predicted molar refractivity (Wildman–Crippen MR) is 142 cm³/mol. The second kappa shape index (κ2) is 12.9. The highest BCUT2D eigenvalue weighted by molar-refractivity contribution is 7.92. The van der Waals surface area contributed by atoms with Gasteiger partial charge >= 0.3 is 0 Å². The third-order valence-corrected chi connectivity index (χ3v) is 7.04. The number of hydrogen-bond acceptors (Lipinski definition) is 4. The molecule has 0 aromatic heterocycles. The van der Waals surface area contributed by atoms with Crippen LogP contribution in [0.25, 0.3) is 0 Å². The zero-order chi connectivity index (χ0) is 26.2. The lowest BCUT2D eigenvalue weighted by Crippen LogP contribution is -2.53. The lowest BCUT2D eigenvalue weighted by Gasteiger charge is -2.33. The zero-order valence-electron chi connectivity index (χ0n) is 21.1. The molecule has 0 aliphatic heterocycles. The number of aryl methyl sites for hydroxylation is 1. The van der Waals surface area contributed by atoms with Gasteiger partial charge in [-0.3, -0.25) is 13.9 Å². The number of carbonyl (C=O) groups excluding carboxylic acids is 2. The molecule has 0 bridgehead atoms. The zero-order valence-corrected chi connectivity index (χ0v) is 22.7. The number of anilines is 1. The van der Waals surface area contributed by atoms with E-state index >= 15 is 0 Å². The van der Waals surface area contributed by atoms with Gasteiger partial charge in [-0.1, -0.05) is 68.8 Å². The number of hydrogen-bond donors (Lipinski definition) is 1. The Labute approximate surface area is 214 Å². The predicted octanol–water partition coefficient (Wildman–Crippen LogP) is 4.04. The van der Waals surface area contributed by atoms with Gasteiger partial charge in [0.25, 0.3) is 0 Å². The average Bonchev–Trinajstić information content (AvgIpc) is 2.80. The number of carbonyl (C=O) groups is 2. The number of nitrogens with one attached hydrogen (secondary N) is 1. The minimum absolute atomic E-state index is 0.243. The van der Waals surface area contributed by atoms with Crippen LogP contribution in [0.4, 0.5) is 5.69 Å². The summed E-state index contributed by atoms with van der Waals surface area (Å²) in [6.07, 6.45) is 2.00. The van der Waals surface area contributed by atoms with Crippen molar-refractivity contribution in [1.82, 2.24) is 10.2 Å². The van der Waals surface area contributed by atoms with Gasteiger partial charge in [-0.15, -0.1) is 0 Å². The summed E-state index contributed by atoms with van der Waals surface area (Å²) in [7, 11) is -3.80. The molecule has 0 radical (unpaired) electrons. The highest BCUT2D eigenvalue weighted by Gasteiger charge is 2.31. The van der Waals surface area contributed by atoms with Crippen molar-refractivity contribution in [1.29, 1.82) is 0 Å². The van der Waals surface area contributed by atoms with E-state index in [1.54, 1.807) is 19.1 Å². The van der Waals surface area contributed by atoms with E-state index in [9.17, 15) is 18.0 Å². The number of sulfonamides is 1. The fourth-order valence-electron chi connectivity index (χ4n) is 3.76. The molecule has 192 valence electrons. The third-order valence-electron chi connectivity index (χ3n) is 5.67. The van der Waals surface area contributed by atoms with E-state index in [1.165, 1.54) is 11.0 Å². The van der Waals surface area contributed by atoms with E-state index in [4.69, 9.17) is 11.6 Å². The van der Waals surface area contributed by atoms with E-state index in [-0.39, 0.29) is 18.4 Å². The van der Waals surface area contributed by atoms with Gasteiger partial charge in [0.05, 0.1) is 11.9 Å². The first-order valence-electron chi connectivity index (χ1n) is 11.8. The molecule has 0 aliphatic rings. The van der Waals surface area contributed by atoms with Crippen molar-refractivity contribution in [2.75, 3.05) is 30.2 Å². The molecular formula is C26H36ClN3O4S. The molecule has 0 heterocycles. The van der Waals surface area contributed by atoms with Gasteiger partial charge < -0.3 is 10.2 Å². The second-order valence-electron chi connectivity index (χ2n) is 9.09. The Balaban J connectivity index is 2.38. The molecular weight excluding hydrogens is 486 g/mol. The lowest BCUT2D eigenvalue weighted by molar-refractivity contribution is -0.139. The van der Waals surface area contributed by atoms with Crippen LogP contribution in [0.5, 0.6) is 0 Å². The van der Waals surface area contributed by atoms with Gasteiger partial charge in [0.1, 0.15) is 12.6 Å². The van der Waals surface area contributed by atoms with Gasteiger partial charge in [0.2, 0.25) is 21.8 Å². The molecule has 35 heavy (non-hydrogen) atoms. The Morgan fingerprint density at radius 3 is 2.31 bits per heavy atom. The van der Waals surface area contributed by atoms with Crippen LogP contribution in [0, 0.1) is 12.8 Å². The molecule has 1 unspecified atom stereocenters. The van der Waals surface area contributed by atoms with Gasteiger partial charge in [0.15, 0.2) is 0 Å². The van der Waals surface area contributed by atoms with E-state index in [0.29, 0.717) is 35.7 Å². The van der Waals surface area contributed by atoms with E-state index in [1.807, 2.05) is 51.1 Å². The molecule has 0 fully saturated rings. The van der Waals surface area contributed by atoms with Gasteiger partial charge in [-0.2, -0.15) is 0 Å². The van der Waals surface area contributed by atoms with Crippen molar-refractivity contribution in [3.05, 3.63) is 64.7 Å². The third kappa shape index (κ3) is 8.54. The summed E-state index contributed by atoms with van der Waals surface area (Å²) < 4.78 is 26.5. The number of rotatable bonds is 12. The fourth-order valence-corrected chi connectivity index (χ4v) is 4.83. The van der Waals surface area contributed by atoms with Crippen LogP contribution in [-0.4, -0.2) is 57.1 Å². The largest absolute Gasteiger partial charge is 0.354 e. The van der Waals surface area contributed by atoms with Crippen LogP contribution >= 0.6 is 11.6 Å². The summed E-state index contributed by atoms with van der Waals surface area (Å²) in [5, 5.41) is 3.28. The van der Waals surface area contributed by atoms with Crippen molar-refractivity contribution in [3.63, 3.8) is 0 Å². The molecule has 0 saturated heterocycles. The van der Waals surface area contributed by atoms with Gasteiger partial charge in [0, 0.05) is 18.1 Å². The van der Waals surface area contributed by atoms with Gasteiger partial charge in [-0.25, -0.2) is 8.42 Å². The smallest absolute Gasteiger partial charge is 0.244 e. The molecule has 2 aromatic rings. The fraction of sp³-hybridized carbons (Fsp3) is 0.462. The monoisotopic (exact) mass is 521 g/mol. The Morgan fingerprint density at radius 1 is 1.09 bits per heavy atom. The Kier molecular flexibility index (Phi) is 10.6.